The SMILES string of the molecule is COc1cccc(NC(=O)C(Sc2nnc(-c3cccs3)n2C)c2ccccc2)c1. The van der Waals surface area contributed by atoms with Crippen LogP contribution in [0.1, 0.15) is 10.8 Å². The number of thioether (sulfide) groups is 1. The Morgan fingerprint density at radius 2 is 1.93 bits per heavy atom. The zero-order valence-electron chi connectivity index (χ0n) is 16.5. The van der Waals surface area contributed by atoms with Crippen LogP contribution in [0.25, 0.3) is 10.7 Å². The highest BCUT2D eigenvalue weighted by Gasteiger charge is 2.25. The van der Waals surface area contributed by atoms with Gasteiger partial charge in [-0.25, -0.2) is 0 Å². The molecule has 1 amide bonds. The summed E-state index contributed by atoms with van der Waals surface area (Å²) in [6.45, 7) is 0. The highest BCUT2D eigenvalue weighted by Crippen LogP contribution is 2.37. The van der Waals surface area contributed by atoms with Gasteiger partial charge in [-0.05, 0) is 29.1 Å². The minimum absolute atomic E-state index is 0.139. The van der Waals surface area contributed by atoms with Crippen molar-refractivity contribution < 1.29 is 9.53 Å². The third-order valence-electron chi connectivity index (χ3n) is 4.48. The van der Waals surface area contributed by atoms with Gasteiger partial charge in [0.05, 0.1) is 12.0 Å². The number of carbonyl (C=O) groups excluding carboxylic acids is 1. The number of aromatic nitrogens is 3. The maximum atomic E-state index is 13.2. The standard InChI is InChI=1S/C22H20N4O2S2/c1-26-20(18-12-7-13-29-18)24-25-22(26)30-19(15-8-4-3-5-9-15)21(27)23-16-10-6-11-17(14-16)28-2/h3-14,19H,1-2H3,(H,23,27). The van der Waals surface area contributed by atoms with Gasteiger partial charge in [0.1, 0.15) is 11.0 Å². The molecule has 1 unspecified atom stereocenters. The Labute approximate surface area is 182 Å². The normalized spacial score (nSPS) is 11.8. The van der Waals surface area contributed by atoms with Crippen LogP contribution in [0.4, 0.5) is 5.69 Å². The number of nitrogens with one attached hydrogen (secondary N) is 1. The van der Waals surface area contributed by atoms with E-state index >= 15 is 0 Å². The van der Waals surface area contributed by atoms with E-state index < -0.39 is 5.25 Å². The van der Waals surface area contributed by atoms with Gasteiger partial charge in [0.25, 0.3) is 0 Å². The summed E-state index contributed by atoms with van der Waals surface area (Å²) < 4.78 is 7.18. The minimum Gasteiger partial charge on any atom is -0.497 e. The van der Waals surface area contributed by atoms with Gasteiger partial charge >= 0.3 is 0 Å². The maximum Gasteiger partial charge on any atom is 0.242 e. The first-order chi connectivity index (χ1) is 14.7. The van der Waals surface area contributed by atoms with Crippen LogP contribution in [0.2, 0.25) is 0 Å². The second-order valence-corrected chi connectivity index (χ2v) is 8.49. The van der Waals surface area contributed by atoms with Crippen LogP contribution >= 0.6 is 23.1 Å². The Morgan fingerprint density at radius 1 is 1.10 bits per heavy atom. The van der Waals surface area contributed by atoms with E-state index in [1.54, 1.807) is 24.5 Å². The first-order valence-electron chi connectivity index (χ1n) is 9.25. The van der Waals surface area contributed by atoms with Crippen molar-refractivity contribution >= 4 is 34.7 Å². The summed E-state index contributed by atoms with van der Waals surface area (Å²) in [5, 5.41) is 13.8. The lowest BCUT2D eigenvalue weighted by Gasteiger charge is -2.17. The summed E-state index contributed by atoms with van der Waals surface area (Å²) >= 11 is 2.98. The third-order valence-corrected chi connectivity index (χ3v) is 6.63. The second-order valence-electron chi connectivity index (χ2n) is 6.47. The summed E-state index contributed by atoms with van der Waals surface area (Å²) in [5.74, 6) is 1.33. The predicted octanol–water partition coefficient (Wildman–Crippen LogP) is 5.02. The molecule has 0 radical (unpaired) electrons. The van der Waals surface area contributed by atoms with Gasteiger partial charge in [-0.2, -0.15) is 0 Å². The van der Waals surface area contributed by atoms with Gasteiger partial charge in [-0.1, -0.05) is 54.2 Å². The maximum absolute atomic E-state index is 13.2. The van der Waals surface area contributed by atoms with E-state index in [4.69, 9.17) is 4.74 Å². The number of ether oxygens (including phenoxy) is 1. The molecular formula is C22H20N4O2S2. The summed E-state index contributed by atoms with van der Waals surface area (Å²) in [5.41, 5.74) is 1.57. The van der Waals surface area contributed by atoms with Crippen LogP contribution < -0.4 is 10.1 Å². The fraction of sp³-hybridized carbons (Fsp3) is 0.136. The Kier molecular flexibility index (Phi) is 6.15. The molecule has 0 aliphatic heterocycles. The summed E-state index contributed by atoms with van der Waals surface area (Å²) in [6.07, 6.45) is 0. The van der Waals surface area contributed by atoms with Gasteiger partial charge in [-0.3, -0.25) is 4.79 Å². The monoisotopic (exact) mass is 436 g/mol. The smallest absolute Gasteiger partial charge is 0.242 e. The molecule has 30 heavy (non-hydrogen) atoms. The number of rotatable bonds is 7. The van der Waals surface area contributed by atoms with E-state index in [1.807, 2.05) is 77.7 Å². The Bertz CT molecular complexity index is 1130. The van der Waals surface area contributed by atoms with Gasteiger partial charge < -0.3 is 14.6 Å². The fourth-order valence-corrected chi connectivity index (χ4v) is 4.70. The van der Waals surface area contributed by atoms with Crippen LogP contribution in [-0.2, 0) is 11.8 Å². The number of carbonyl (C=O) groups is 1. The quantitative estimate of drug-likeness (QED) is 0.412. The molecule has 1 N–H and O–H groups in total. The van der Waals surface area contributed by atoms with E-state index in [1.165, 1.54) is 11.8 Å². The van der Waals surface area contributed by atoms with Crippen LogP contribution in [-0.4, -0.2) is 27.8 Å². The minimum atomic E-state index is -0.489. The average Bonchev–Trinajstić information content (AvgIpc) is 3.42. The topological polar surface area (TPSA) is 69.0 Å². The number of methoxy groups -OCH3 is 1. The molecule has 0 aliphatic carbocycles. The Morgan fingerprint density at radius 3 is 2.67 bits per heavy atom. The van der Waals surface area contributed by atoms with E-state index in [9.17, 15) is 4.79 Å². The first kappa shape index (κ1) is 20.2. The van der Waals surface area contributed by atoms with Crippen molar-refractivity contribution in [3.63, 3.8) is 0 Å². The van der Waals surface area contributed by atoms with E-state index in [2.05, 4.69) is 15.5 Å². The van der Waals surface area contributed by atoms with Crippen molar-refractivity contribution in [2.45, 2.75) is 10.4 Å². The highest BCUT2D eigenvalue weighted by molar-refractivity contribution is 8.00. The molecule has 8 heteroatoms. The van der Waals surface area contributed by atoms with Crippen molar-refractivity contribution in [3.8, 4) is 16.5 Å². The molecule has 0 bridgehead atoms. The van der Waals surface area contributed by atoms with Gasteiger partial charge in [0.15, 0.2) is 11.0 Å². The predicted molar refractivity (Wildman–Crippen MR) is 121 cm³/mol. The van der Waals surface area contributed by atoms with E-state index in [0.717, 1.165) is 16.3 Å². The summed E-state index contributed by atoms with van der Waals surface area (Å²) in [4.78, 5) is 14.3. The largest absolute Gasteiger partial charge is 0.497 e. The molecule has 1 atom stereocenters. The van der Waals surface area contributed by atoms with Crippen LogP contribution in [0, 0.1) is 0 Å². The summed E-state index contributed by atoms with van der Waals surface area (Å²) in [6, 6.07) is 21.0. The lowest BCUT2D eigenvalue weighted by atomic mass is 10.1. The summed E-state index contributed by atoms with van der Waals surface area (Å²) in [7, 11) is 3.52. The molecule has 0 fully saturated rings. The highest BCUT2D eigenvalue weighted by atomic mass is 32.2. The number of anilines is 1. The van der Waals surface area contributed by atoms with Gasteiger partial charge in [0.2, 0.25) is 5.91 Å². The Hall–Kier alpha value is -3.10. The zero-order valence-corrected chi connectivity index (χ0v) is 18.1. The lowest BCUT2D eigenvalue weighted by Crippen LogP contribution is -2.19. The third kappa shape index (κ3) is 4.39. The number of benzene rings is 2. The van der Waals surface area contributed by atoms with Crippen molar-refractivity contribution in [2.24, 2.45) is 7.05 Å². The zero-order chi connectivity index (χ0) is 20.9. The molecule has 0 spiro atoms. The number of hydrogen-bond acceptors (Lipinski definition) is 6. The molecule has 6 nitrogen and oxygen atoms in total. The molecule has 0 aliphatic rings. The molecule has 152 valence electrons. The molecule has 4 rings (SSSR count). The van der Waals surface area contributed by atoms with E-state index in [-0.39, 0.29) is 5.91 Å². The molecule has 0 saturated carbocycles. The number of amides is 1. The van der Waals surface area contributed by atoms with Crippen molar-refractivity contribution in [1.82, 2.24) is 14.8 Å². The van der Waals surface area contributed by atoms with Crippen LogP contribution in [0.3, 0.4) is 0 Å². The number of thiophene rings is 1. The molecule has 0 saturated heterocycles. The van der Waals surface area contributed by atoms with Gasteiger partial charge in [0, 0.05) is 18.8 Å². The second kappa shape index (κ2) is 9.15. The molecule has 2 heterocycles. The fourth-order valence-electron chi connectivity index (χ4n) is 2.95. The lowest BCUT2D eigenvalue weighted by molar-refractivity contribution is -0.115. The van der Waals surface area contributed by atoms with Gasteiger partial charge in [-0.15, -0.1) is 21.5 Å². The van der Waals surface area contributed by atoms with E-state index in [0.29, 0.717) is 16.6 Å². The number of nitrogens with zero attached hydrogens (tertiary/aromatic N) is 3. The first-order valence-corrected chi connectivity index (χ1v) is 11.0. The van der Waals surface area contributed by atoms with Crippen LogP contribution in [0.5, 0.6) is 5.75 Å². The van der Waals surface area contributed by atoms with Crippen molar-refractivity contribution in [1.29, 1.82) is 0 Å². The molecule has 4 aromatic rings. The van der Waals surface area contributed by atoms with Crippen molar-refractivity contribution in [2.75, 3.05) is 12.4 Å². The van der Waals surface area contributed by atoms with Crippen molar-refractivity contribution in [3.05, 3.63) is 77.7 Å². The van der Waals surface area contributed by atoms with Crippen LogP contribution in [0.15, 0.2) is 77.3 Å². The molecule has 2 aromatic carbocycles. The Balaban J connectivity index is 1.62. The molecular weight excluding hydrogens is 416 g/mol. The molecule has 2 aromatic heterocycles. The number of hydrogen-bond donors (Lipinski definition) is 1. The average molecular weight is 437 g/mol.